The van der Waals surface area contributed by atoms with E-state index in [9.17, 15) is 15.0 Å². The number of aliphatic hydroxyl groups excluding tert-OH is 1. The molecule has 2 aromatic rings. The van der Waals surface area contributed by atoms with Crippen molar-refractivity contribution in [3.05, 3.63) is 34.4 Å². The van der Waals surface area contributed by atoms with Crippen LogP contribution in [0.4, 0.5) is 17.5 Å². The zero-order valence-corrected chi connectivity index (χ0v) is 15.3. The topological polar surface area (TPSA) is 128 Å². The number of carboxylic acid groups (broad SMARTS) is 1. The van der Waals surface area contributed by atoms with Gasteiger partial charge in [0.25, 0.3) is 0 Å². The third kappa shape index (κ3) is 4.80. The second kappa shape index (κ2) is 8.13. The lowest BCUT2D eigenvalue weighted by molar-refractivity contribution is 0.0694. The molecule has 5 N–H and O–H groups in total. The molecule has 8 nitrogen and oxygen atoms in total. The minimum absolute atomic E-state index is 0.0448. The summed E-state index contributed by atoms with van der Waals surface area (Å²) in [6, 6.07) is 3.92. The molecule has 1 aromatic carbocycles. The minimum Gasteiger partial charge on any atom is -0.507 e. The number of rotatable bonds is 7. The van der Waals surface area contributed by atoms with Crippen LogP contribution in [-0.2, 0) is 0 Å². The molecule has 0 bridgehead atoms. The Kier molecular flexibility index (Phi) is 6.16. The largest absolute Gasteiger partial charge is 0.507 e. The van der Waals surface area contributed by atoms with Crippen molar-refractivity contribution in [3.8, 4) is 5.75 Å². The molecule has 1 aromatic heterocycles. The first kappa shape index (κ1) is 18.9. The first-order chi connectivity index (χ1) is 11.8. The van der Waals surface area contributed by atoms with E-state index in [-0.39, 0.29) is 35.8 Å². The average Bonchev–Trinajstić information content (AvgIpc) is 2.56. The lowest BCUT2D eigenvalue weighted by atomic mass is 10.1. The molecule has 1 atom stereocenters. The quantitative estimate of drug-likeness (QED) is 0.440. The highest BCUT2D eigenvalue weighted by molar-refractivity contribution is 9.10. The van der Waals surface area contributed by atoms with E-state index in [1.165, 1.54) is 18.2 Å². The Bertz CT molecular complexity index is 770. The summed E-state index contributed by atoms with van der Waals surface area (Å²) in [7, 11) is 0. The molecule has 0 saturated heterocycles. The molecule has 9 heteroatoms. The zero-order chi connectivity index (χ0) is 18.6. The Morgan fingerprint density at radius 3 is 2.68 bits per heavy atom. The van der Waals surface area contributed by atoms with Crippen LogP contribution in [0.15, 0.2) is 28.9 Å². The number of nitrogens with one attached hydrogen (secondary N) is 2. The van der Waals surface area contributed by atoms with Crippen molar-refractivity contribution < 1.29 is 20.1 Å². The molecule has 134 valence electrons. The second-order valence-electron chi connectivity index (χ2n) is 5.73. The number of hydrogen-bond donors (Lipinski definition) is 5. The molecule has 0 amide bonds. The number of aromatic hydroxyl groups is 1. The summed E-state index contributed by atoms with van der Waals surface area (Å²) in [4.78, 5) is 19.5. The molecule has 0 unspecified atom stereocenters. The van der Waals surface area contributed by atoms with Gasteiger partial charge in [0.05, 0.1) is 17.1 Å². The standard InChI is InChI=1S/C16H19BrN4O4/c1-8(2)12(7-22)20-14-11(17)6-18-16(21-14)19-9-3-4-13(23)10(5-9)15(24)25/h3-6,8,12,22-23H,7H2,1-2H3,(H,24,25)(H2,18,19,20,21)/t12-/m0/s1. The number of anilines is 3. The van der Waals surface area contributed by atoms with E-state index >= 15 is 0 Å². The van der Waals surface area contributed by atoms with E-state index in [1.807, 2.05) is 13.8 Å². The summed E-state index contributed by atoms with van der Waals surface area (Å²) >= 11 is 3.36. The lowest BCUT2D eigenvalue weighted by Crippen LogP contribution is -2.30. The fourth-order valence-corrected chi connectivity index (χ4v) is 2.35. The normalized spacial score (nSPS) is 12.0. The van der Waals surface area contributed by atoms with Gasteiger partial charge in [0.15, 0.2) is 0 Å². The second-order valence-corrected chi connectivity index (χ2v) is 6.58. The number of carboxylic acids is 1. The highest BCUT2D eigenvalue weighted by Gasteiger charge is 2.16. The van der Waals surface area contributed by atoms with E-state index in [0.29, 0.717) is 16.0 Å². The fraction of sp³-hybridized carbons (Fsp3) is 0.312. The third-order valence-corrected chi connectivity index (χ3v) is 4.13. The fourth-order valence-electron chi connectivity index (χ4n) is 2.04. The molecule has 1 heterocycles. The highest BCUT2D eigenvalue weighted by atomic mass is 79.9. The minimum atomic E-state index is -1.23. The Labute approximate surface area is 153 Å². The van der Waals surface area contributed by atoms with Gasteiger partial charge in [0.1, 0.15) is 17.1 Å². The van der Waals surface area contributed by atoms with Crippen molar-refractivity contribution in [2.24, 2.45) is 5.92 Å². The van der Waals surface area contributed by atoms with Gasteiger partial charge in [-0.05, 0) is 40.0 Å². The molecular weight excluding hydrogens is 392 g/mol. The van der Waals surface area contributed by atoms with E-state index in [0.717, 1.165) is 0 Å². The molecule has 0 aliphatic heterocycles. The number of phenols is 1. The van der Waals surface area contributed by atoms with Crippen molar-refractivity contribution in [1.29, 1.82) is 0 Å². The molecule has 0 fully saturated rings. The summed E-state index contributed by atoms with van der Waals surface area (Å²) < 4.78 is 0.633. The van der Waals surface area contributed by atoms with Gasteiger partial charge in [-0.2, -0.15) is 4.98 Å². The number of aromatic nitrogens is 2. The van der Waals surface area contributed by atoms with Crippen LogP contribution in [0.2, 0.25) is 0 Å². The average molecular weight is 411 g/mol. The number of aromatic carboxylic acids is 1. The number of carbonyl (C=O) groups is 1. The van der Waals surface area contributed by atoms with E-state index in [2.05, 4.69) is 36.5 Å². The summed E-state index contributed by atoms with van der Waals surface area (Å²) in [6.45, 7) is 3.91. The summed E-state index contributed by atoms with van der Waals surface area (Å²) in [5.41, 5.74) is 0.201. The van der Waals surface area contributed by atoms with Crippen LogP contribution in [0.5, 0.6) is 5.75 Å². The lowest BCUT2D eigenvalue weighted by Gasteiger charge is -2.21. The predicted molar refractivity (Wildman–Crippen MR) is 97.4 cm³/mol. The van der Waals surface area contributed by atoms with Crippen molar-refractivity contribution in [3.63, 3.8) is 0 Å². The van der Waals surface area contributed by atoms with Gasteiger partial charge in [-0.25, -0.2) is 9.78 Å². The number of nitrogens with zero attached hydrogens (tertiary/aromatic N) is 2. The van der Waals surface area contributed by atoms with E-state index in [4.69, 9.17) is 5.11 Å². The van der Waals surface area contributed by atoms with E-state index in [1.54, 1.807) is 6.20 Å². The summed E-state index contributed by atoms with van der Waals surface area (Å²) in [5.74, 6) is -0.614. The number of aliphatic hydroxyl groups is 1. The van der Waals surface area contributed by atoms with Crippen molar-refractivity contribution in [1.82, 2.24) is 9.97 Å². The number of halogens is 1. The van der Waals surface area contributed by atoms with Crippen molar-refractivity contribution >= 4 is 39.4 Å². The maximum absolute atomic E-state index is 11.1. The van der Waals surface area contributed by atoms with Crippen LogP contribution < -0.4 is 10.6 Å². The Morgan fingerprint density at radius 1 is 1.36 bits per heavy atom. The summed E-state index contributed by atoms with van der Waals surface area (Å²) in [5, 5.41) is 34.1. The Balaban J connectivity index is 2.25. The SMILES string of the molecule is CC(C)[C@H](CO)Nc1nc(Nc2ccc(O)c(C(=O)O)c2)ncc1Br. The Hall–Kier alpha value is -2.39. The smallest absolute Gasteiger partial charge is 0.339 e. The summed E-state index contributed by atoms with van der Waals surface area (Å²) in [6.07, 6.45) is 1.55. The monoisotopic (exact) mass is 410 g/mol. The van der Waals surface area contributed by atoms with Crippen LogP contribution in [-0.4, -0.2) is 43.9 Å². The molecular formula is C16H19BrN4O4. The molecule has 25 heavy (non-hydrogen) atoms. The van der Waals surface area contributed by atoms with Gasteiger partial charge in [0.2, 0.25) is 5.95 Å². The third-order valence-electron chi connectivity index (χ3n) is 3.55. The maximum atomic E-state index is 11.1. The first-order valence-corrected chi connectivity index (χ1v) is 8.34. The first-order valence-electron chi connectivity index (χ1n) is 7.55. The van der Waals surface area contributed by atoms with Gasteiger partial charge < -0.3 is 26.0 Å². The van der Waals surface area contributed by atoms with Crippen LogP contribution >= 0.6 is 15.9 Å². The van der Waals surface area contributed by atoms with Gasteiger partial charge in [-0.3, -0.25) is 0 Å². The highest BCUT2D eigenvalue weighted by Crippen LogP contribution is 2.26. The molecule has 2 rings (SSSR count). The van der Waals surface area contributed by atoms with E-state index < -0.39 is 5.97 Å². The van der Waals surface area contributed by atoms with Crippen LogP contribution in [0.1, 0.15) is 24.2 Å². The Morgan fingerprint density at radius 2 is 2.08 bits per heavy atom. The molecule has 0 saturated carbocycles. The van der Waals surface area contributed by atoms with Gasteiger partial charge in [0, 0.05) is 11.9 Å². The van der Waals surface area contributed by atoms with Crippen molar-refractivity contribution in [2.45, 2.75) is 19.9 Å². The molecule has 0 aliphatic carbocycles. The van der Waals surface area contributed by atoms with Gasteiger partial charge >= 0.3 is 5.97 Å². The number of benzene rings is 1. The van der Waals surface area contributed by atoms with Crippen LogP contribution in [0.3, 0.4) is 0 Å². The zero-order valence-electron chi connectivity index (χ0n) is 13.7. The molecule has 0 aliphatic rings. The van der Waals surface area contributed by atoms with Crippen LogP contribution in [0, 0.1) is 5.92 Å². The predicted octanol–water partition coefficient (Wildman–Crippen LogP) is 2.82. The molecule has 0 radical (unpaired) electrons. The number of hydrogen-bond acceptors (Lipinski definition) is 7. The molecule has 0 spiro atoms. The van der Waals surface area contributed by atoms with Gasteiger partial charge in [-0.15, -0.1) is 0 Å². The maximum Gasteiger partial charge on any atom is 0.339 e. The van der Waals surface area contributed by atoms with Crippen LogP contribution in [0.25, 0.3) is 0 Å². The van der Waals surface area contributed by atoms with Gasteiger partial charge in [-0.1, -0.05) is 13.8 Å². The van der Waals surface area contributed by atoms with Crippen molar-refractivity contribution in [2.75, 3.05) is 17.2 Å².